The minimum Gasteiger partial charge on any atom is -0.256 e. The summed E-state index contributed by atoms with van der Waals surface area (Å²) in [6, 6.07) is 10.6. The molecule has 0 aliphatic carbocycles. The first-order chi connectivity index (χ1) is 10.9. The molecule has 0 bridgehead atoms. The Morgan fingerprint density at radius 1 is 0.957 bits per heavy atom. The summed E-state index contributed by atoms with van der Waals surface area (Å²) in [7, 11) is -1.36. The molecule has 2 rings (SSSR count). The predicted molar refractivity (Wildman–Crippen MR) is 105 cm³/mol. The van der Waals surface area contributed by atoms with Crippen LogP contribution in [0.25, 0.3) is 11.3 Å². The number of hydrogen-bond acceptors (Lipinski definition) is 1. The second-order valence-electron chi connectivity index (χ2n) is 7.55. The van der Waals surface area contributed by atoms with Crippen molar-refractivity contribution >= 4 is 13.3 Å². The van der Waals surface area contributed by atoms with E-state index < -0.39 is 8.07 Å². The van der Waals surface area contributed by atoms with E-state index in [1.165, 1.54) is 43.2 Å². The van der Waals surface area contributed by atoms with E-state index in [2.05, 4.69) is 70.0 Å². The van der Waals surface area contributed by atoms with Crippen molar-refractivity contribution in [2.45, 2.75) is 65.6 Å². The number of hydrogen-bond donors (Lipinski definition) is 0. The highest BCUT2D eigenvalue weighted by atomic mass is 28.3. The van der Waals surface area contributed by atoms with E-state index in [9.17, 15) is 0 Å². The first-order valence-electron chi connectivity index (χ1n) is 8.99. The fourth-order valence-corrected chi connectivity index (χ4v) is 4.90. The smallest absolute Gasteiger partial charge is 0.0799 e. The van der Waals surface area contributed by atoms with Gasteiger partial charge in [0, 0.05) is 11.8 Å². The molecule has 0 fully saturated rings. The molecule has 1 aromatic carbocycles. The van der Waals surface area contributed by atoms with Gasteiger partial charge >= 0.3 is 0 Å². The van der Waals surface area contributed by atoms with Crippen LogP contribution < -0.4 is 5.19 Å². The van der Waals surface area contributed by atoms with Gasteiger partial charge in [0.15, 0.2) is 0 Å². The SMILES string of the molecule is CCCCCCc1c([Si](C)(C)C)cnc(-c2ccccc2)c1C. The lowest BCUT2D eigenvalue weighted by molar-refractivity contribution is 0.666. The molecule has 1 aromatic heterocycles. The van der Waals surface area contributed by atoms with E-state index >= 15 is 0 Å². The summed E-state index contributed by atoms with van der Waals surface area (Å²) in [6.07, 6.45) is 8.66. The Hall–Kier alpha value is -1.41. The molecule has 0 spiro atoms. The Morgan fingerprint density at radius 3 is 2.26 bits per heavy atom. The van der Waals surface area contributed by atoms with Crippen molar-refractivity contribution in [3.63, 3.8) is 0 Å². The average molecular weight is 326 g/mol. The number of benzene rings is 1. The van der Waals surface area contributed by atoms with Crippen molar-refractivity contribution in [1.82, 2.24) is 4.98 Å². The van der Waals surface area contributed by atoms with Crippen LogP contribution in [-0.4, -0.2) is 13.1 Å². The maximum absolute atomic E-state index is 4.85. The van der Waals surface area contributed by atoms with Crippen LogP contribution in [0.4, 0.5) is 0 Å². The second-order valence-corrected chi connectivity index (χ2v) is 12.6. The largest absolute Gasteiger partial charge is 0.256 e. The van der Waals surface area contributed by atoms with Crippen LogP contribution in [0.5, 0.6) is 0 Å². The third-order valence-electron chi connectivity index (χ3n) is 4.59. The quantitative estimate of drug-likeness (QED) is 0.468. The van der Waals surface area contributed by atoms with E-state index in [1.54, 1.807) is 10.8 Å². The summed E-state index contributed by atoms with van der Waals surface area (Å²) < 4.78 is 0. The molecule has 124 valence electrons. The van der Waals surface area contributed by atoms with Gasteiger partial charge in [-0.1, -0.05) is 76.2 Å². The maximum atomic E-state index is 4.85. The van der Waals surface area contributed by atoms with Crippen LogP contribution in [-0.2, 0) is 6.42 Å². The van der Waals surface area contributed by atoms with Crippen molar-refractivity contribution < 1.29 is 0 Å². The monoisotopic (exact) mass is 325 g/mol. The van der Waals surface area contributed by atoms with E-state index in [4.69, 9.17) is 4.98 Å². The molecule has 0 saturated heterocycles. The number of pyridine rings is 1. The minimum atomic E-state index is -1.36. The van der Waals surface area contributed by atoms with E-state index in [1.807, 2.05) is 0 Å². The van der Waals surface area contributed by atoms with Crippen molar-refractivity contribution in [3.05, 3.63) is 47.7 Å². The Balaban J connectivity index is 2.41. The van der Waals surface area contributed by atoms with Gasteiger partial charge in [0.1, 0.15) is 0 Å². The predicted octanol–water partition coefficient (Wildman–Crippen LogP) is 5.73. The van der Waals surface area contributed by atoms with Crippen molar-refractivity contribution in [2.24, 2.45) is 0 Å². The van der Waals surface area contributed by atoms with Crippen LogP contribution >= 0.6 is 0 Å². The maximum Gasteiger partial charge on any atom is 0.0799 e. The Labute approximate surface area is 143 Å². The third kappa shape index (κ3) is 4.54. The number of unbranched alkanes of at least 4 members (excludes halogenated alkanes) is 3. The highest BCUT2D eigenvalue weighted by Gasteiger charge is 2.23. The minimum absolute atomic E-state index is 1.16. The van der Waals surface area contributed by atoms with E-state index in [0.29, 0.717) is 0 Å². The van der Waals surface area contributed by atoms with Crippen LogP contribution in [0.2, 0.25) is 19.6 Å². The highest BCUT2D eigenvalue weighted by molar-refractivity contribution is 6.89. The van der Waals surface area contributed by atoms with E-state index in [-0.39, 0.29) is 0 Å². The molecular formula is C21H31NSi. The fourth-order valence-electron chi connectivity index (χ4n) is 3.23. The first kappa shape index (κ1) is 17.9. The first-order valence-corrected chi connectivity index (χ1v) is 12.5. The molecule has 0 radical (unpaired) electrons. The molecule has 1 nitrogen and oxygen atoms in total. The second kappa shape index (κ2) is 7.92. The van der Waals surface area contributed by atoms with Crippen LogP contribution in [0.15, 0.2) is 36.5 Å². The lowest BCUT2D eigenvalue weighted by atomic mass is 9.98. The van der Waals surface area contributed by atoms with Crippen molar-refractivity contribution in [1.29, 1.82) is 0 Å². The number of aromatic nitrogens is 1. The average Bonchev–Trinajstić information content (AvgIpc) is 2.52. The zero-order chi connectivity index (χ0) is 16.9. The highest BCUT2D eigenvalue weighted by Crippen LogP contribution is 2.25. The van der Waals surface area contributed by atoms with Gasteiger partial charge in [-0.25, -0.2) is 0 Å². The molecule has 0 aliphatic rings. The van der Waals surface area contributed by atoms with E-state index in [0.717, 1.165) is 5.69 Å². The van der Waals surface area contributed by atoms with Gasteiger partial charge < -0.3 is 0 Å². The number of rotatable bonds is 7. The lowest BCUT2D eigenvalue weighted by Crippen LogP contribution is -2.41. The molecule has 23 heavy (non-hydrogen) atoms. The normalized spacial score (nSPS) is 11.7. The van der Waals surface area contributed by atoms with Crippen molar-refractivity contribution in [2.75, 3.05) is 0 Å². The molecule has 2 aromatic rings. The van der Waals surface area contributed by atoms with Gasteiger partial charge in [-0.05, 0) is 36.1 Å². The van der Waals surface area contributed by atoms with Crippen LogP contribution in [0.1, 0.15) is 43.7 Å². The van der Waals surface area contributed by atoms with Crippen molar-refractivity contribution in [3.8, 4) is 11.3 Å². The lowest BCUT2D eigenvalue weighted by Gasteiger charge is -2.24. The topological polar surface area (TPSA) is 12.9 Å². The van der Waals surface area contributed by atoms with Gasteiger partial charge in [-0.3, -0.25) is 4.98 Å². The van der Waals surface area contributed by atoms with Crippen LogP contribution in [0.3, 0.4) is 0 Å². The molecule has 0 atom stereocenters. The molecular weight excluding hydrogens is 294 g/mol. The molecule has 0 unspecified atom stereocenters. The molecule has 0 N–H and O–H groups in total. The summed E-state index contributed by atoms with van der Waals surface area (Å²) in [5, 5.41) is 1.55. The standard InChI is InChI=1S/C21H31NSi/c1-6-7-8-12-15-19-17(2)21(18-13-10-9-11-14-18)22-16-20(19)23(3,4)5/h9-11,13-14,16H,6-8,12,15H2,1-5H3. The zero-order valence-electron chi connectivity index (χ0n) is 15.4. The molecule has 0 aliphatic heterocycles. The van der Waals surface area contributed by atoms with Gasteiger partial charge in [0.05, 0.1) is 13.8 Å². The summed E-state index contributed by atoms with van der Waals surface area (Å²) >= 11 is 0. The van der Waals surface area contributed by atoms with Gasteiger partial charge in [-0.15, -0.1) is 0 Å². The summed E-state index contributed by atoms with van der Waals surface area (Å²) in [4.78, 5) is 4.85. The third-order valence-corrected chi connectivity index (χ3v) is 6.64. The summed E-state index contributed by atoms with van der Waals surface area (Å²) in [5.41, 5.74) is 5.38. The Kier molecular flexibility index (Phi) is 6.17. The van der Waals surface area contributed by atoms with Crippen LogP contribution in [0, 0.1) is 6.92 Å². The Bertz CT molecular complexity index is 626. The fraction of sp³-hybridized carbons (Fsp3) is 0.476. The van der Waals surface area contributed by atoms with Gasteiger partial charge in [0.25, 0.3) is 0 Å². The Morgan fingerprint density at radius 2 is 1.65 bits per heavy atom. The molecule has 0 saturated carbocycles. The van der Waals surface area contributed by atoms with Gasteiger partial charge in [0.2, 0.25) is 0 Å². The number of nitrogens with zero attached hydrogens (tertiary/aromatic N) is 1. The zero-order valence-corrected chi connectivity index (χ0v) is 16.4. The summed E-state index contributed by atoms with van der Waals surface area (Å²) in [5.74, 6) is 0. The summed E-state index contributed by atoms with van der Waals surface area (Å²) in [6.45, 7) is 11.8. The van der Waals surface area contributed by atoms with Gasteiger partial charge in [-0.2, -0.15) is 0 Å². The molecule has 1 heterocycles. The molecule has 2 heteroatoms. The molecule has 0 amide bonds.